The summed E-state index contributed by atoms with van der Waals surface area (Å²) < 4.78 is 12.1. The number of hydrogen-bond acceptors (Lipinski definition) is 10. The Hall–Kier alpha value is -7.72. The van der Waals surface area contributed by atoms with Crippen molar-refractivity contribution in [2.24, 2.45) is 0 Å². The molecule has 10 heteroatoms. The molecule has 0 aliphatic carbocycles. The lowest BCUT2D eigenvalue weighted by atomic mass is 10.1. The van der Waals surface area contributed by atoms with Gasteiger partial charge in [-0.25, -0.2) is 29.9 Å². The van der Waals surface area contributed by atoms with Crippen LogP contribution in [0.2, 0.25) is 0 Å². The van der Waals surface area contributed by atoms with Gasteiger partial charge in [-0.15, -0.1) is 0 Å². The van der Waals surface area contributed by atoms with Gasteiger partial charge in [0.1, 0.15) is 11.0 Å². The van der Waals surface area contributed by atoms with Gasteiger partial charge in [-0.1, -0.05) is 60.7 Å². The third-order valence-corrected chi connectivity index (χ3v) is 8.94. The quantitative estimate of drug-likeness (QED) is 0.159. The second-order valence-corrected chi connectivity index (χ2v) is 12.5. The van der Waals surface area contributed by atoms with E-state index < -0.39 is 0 Å². The monoisotopic (exact) mass is 698 g/mol. The predicted molar refractivity (Wildman–Crippen MR) is 206 cm³/mol. The molecule has 0 spiro atoms. The molecule has 10 rings (SSSR count). The molecule has 10 nitrogen and oxygen atoms in total. The van der Waals surface area contributed by atoms with E-state index in [1.807, 2.05) is 146 Å². The average Bonchev–Trinajstić information content (AvgIpc) is 3.89. The van der Waals surface area contributed by atoms with Crippen molar-refractivity contribution in [1.82, 2.24) is 39.9 Å². The Morgan fingerprint density at radius 1 is 0.315 bits per heavy atom. The number of fused-ring (bicyclic) bond motifs is 2. The van der Waals surface area contributed by atoms with Crippen molar-refractivity contribution in [3.63, 3.8) is 0 Å². The van der Waals surface area contributed by atoms with Crippen molar-refractivity contribution in [3.8, 4) is 79.8 Å². The molecule has 0 unspecified atom stereocenters. The van der Waals surface area contributed by atoms with Gasteiger partial charge in [0.25, 0.3) is 0 Å². The Morgan fingerprint density at radius 2 is 0.722 bits per heavy atom. The summed E-state index contributed by atoms with van der Waals surface area (Å²) in [6.07, 6.45) is 3.50. The molecule has 0 atom stereocenters. The average molecular weight is 699 g/mol. The number of nitrogens with zero attached hydrogens (tertiary/aromatic N) is 8. The smallest absolute Gasteiger partial charge is 0.227 e. The summed E-state index contributed by atoms with van der Waals surface area (Å²) in [5.41, 5.74) is 9.87. The second kappa shape index (κ2) is 13.1. The molecular weight excluding hydrogens is 673 g/mol. The van der Waals surface area contributed by atoms with E-state index in [1.54, 1.807) is 12.4 Å². The predicted octanol–water partition coefficient (Wildman–Crippen LogP) is 10.0. The number of hydrogen-bond donors (Lipinski definition) is 0. The van der Waals surface area contributed by atoms with Gasteiger partial charge in [0.15, 0.2) is 28.6 Å². The third kappa shape index (κ3) is 5.93. The molecule has 6 aromatic heterocycles. The summed E-state index contributed by atoms with van der Waals surface area (Å²) >= 11 is 0. The molecule has 0 radical (unpaired) electrons. The van der Waals surface area contributed by atoms with Crippen LogP contribution in [0.15, 0.2) is 167 Å². The summed E-state index contributed by atoms with van der Waals surface area (Å²) in [6.45, 7) is 0. The van der Waals surface area contributed by atoms with Crippen molar-refractivity contribution in [3.05, 3.63) is 158 Å². The first-order valence-corrected chi connectivity index (χ1v) is 17.2. The minimum Gasteiger partial charge on any atom is -0.436 e. The fraction of sp³-hybridized carbons (Fsp3) is 0. The van der Waals surface area contributed by atoms with Crippen LogP contribution in [0.25, 0.3) is 102 Å². The molecule has 6 heterocycles. The first-order valence-electron chi connectivity index (χ1n) is 17.2. The van der Waals surface area contributed by atoms with Crippen molar-refractivity contribution >= 4 is 22.2 Å². The number of rotatable bonds is 7. The summed E-state index contributed by atoms with van der Waals surface area (Å²) in [6, 6.07) is 46.5. The normalized spacial score (nSPS) is 11.3. The Bertz CT molecular complexity index is 2670. The number of benzene rings is 4. The summed E-state index contributed by atoms with van der Waals surface area (Å²) in [5, 5.41) is 0. The maximum Gasteiger partial charge on any atom is 0.227 e. The van der Waals surface area contributed by atoms with Gasteiger partial charge in [0.2, 0.25) is 11.8 Å². The Balaban J connectivity index is 1.10. The largest absolute Gasteiger partial charge is 0.436 e. The van der Waals surface area contributed by atoms with Crippen molar-refractivity contribution in [2.75, 3.05) is 0 Å². The lowest BCUT2D eigenvalue weighted by Crippen LogP contribution is -2.01. The van der Waals surface area contributed by atoms with Gasteiger partial charge in [0, 0.05) is 40.2 Å². The number of aromatic nitrogens is 8. The van der Waals surface area contributed by atoms with E-state index >= 15 is 0 Å². The zero-order valence-electron chi connectivity index (χ0n) is 28.4. The number of pyridine rings is 3. The van der Waals surface area contributed by atoms with E-state index in [0.29, 0.717) is 40.6 Å². The fourth-order valence-corrected chi connectivity index (χ4v) is 6.23. The first kappa shape index (κ1) is 31.1. The number of para-hydroxylation sites is 4. The highest BCUT2D eigenvalue weighted by atomic mass is 16.4. The maximum atomic E-state index is 6.03. The molecule has 0 saturated heterocycles. The lowest BCUT2D eigenvalue weighted by Gasteiger charge is -2.11. The molecule has 0 amide bonds. The minimum absolute atomic E-state index is 0.470. The van der Waals surface area contributed by atoms with Gasteiger partial charge in [-0.05, 0) is 84.9 Å². The standard InChI is InChI=1S/C44H26N8O2/c1-3-13-38-34(11-1)48-43(53-38)29-19-15-27(16-20-29)40-50-41(28-17-21-30(22-18-28)44-49-35-12-2-4-14-39(35)54-44)52-42(51-40)31-25-36(32-9-5-7-23-45-32)47-37(26-31)33-10-6-8-24-46-33/h1-26H. The third-order valence-electron chi connectivity index (χ3n) is 8.94. The summed E-state index contributed by atoms with van der Waals surface area (Å²) in [7, 11) is 0. The van der Waals surface area contributed by atoms with E-state index in [0.717, 1.165) is 61.4 Å². The van der Waals surface area contributed by atoms with Crippen LogP contribution in [0, 0.1) is 0 Å². The molecule has 0 bridgehead atoms. The molecular formula is C44H26N8O2. The molecule has 54 heavy (non-hydrogen) atoms. The van der Waals surface area contributed by atoms with E-state index in [1.165, 1.54) is 0 Å². The van der Waals surface area contributed by atoms with Gasteiger partial charge in [-0.3, -0.25) is 9.97 Å². The van der Waals surface area contributed by atoms with Crippen LogP contribution in [-0.4, -0.2) is 39.9 Å². The first-order chi connectivity index (χ1) is 26.7. The minimum atomic E-state index is 0.470. The van der Waals surface area contributed by atoms with Crippen molar-refractivity contribution in [2.45, 2.75) is 0 Å². The summed E-state index contributed by atoms with van der Waals surface area (Å²) in [5.74, 6) is 2.55. The van der Waals surface area contributed by atoms with E-state index in [9.17, 15) is 0 Å². The molecule has 10 aromatic rings. The van der Waals surface area contributed by atoms with Crippen LogP contribution in [0.1, 0.15) is 0 Å². The fourth-order valence-electron chi connectivity index (χ4n) is 6.23. The summed E-state index contributed by atoms with van der Waals surface area (Å²) in [4.78, 5) is 38.5. The lowest BCUT2D eigenvalue weighted by molar-refractivity contribution is 0.619. The van der Waals surface area contributed by atoms with E-state index in [2.05, 4.69) is 19.9 Å². The zero-order valence-corrected chi connectivity index (χ0v) is 28.4. The van der Waals surface area contributed by atoms with Crippen LogP contribution < -0.4 is 0 Å². The van der Waals surface area contributed by atoms with Crippen LogP contribution in [0.4, 0.5) is 0 Å². The maximum absolute atomic E-state index is 6.03. The van der Waals surface area contributed by atoms with Crippen LogP contribution >= 0.6 is 0 Å². The topological polar surface area (TPSA) is 129 Å². The highest BCUT2D eigenvalue weighted by Gasteiger charge is 2.18. The van der Waals surface area contributed by atoms with Gasteiger partial charge < -0.3 is 8.83 Å². The zero-order chi connectivity index (χ0) is 35.8. The highest BCUT2D eigenvalue weighted by Crippen LogP contribution is 2.32. The van der Waals surface area contributed by atoms with Crippen LogP contribution in [0.5, 0.6) is 0 Å². The molecule has 0 fully saturated rings. The highest BCUT2D eigenvalue weighted by molar-refractivity contribution is 5.79. The van der Waals surface area contributed by atoms with Crippen molar-refractivity contribution < 1.29 is 8.83 Å². The van der Waals surface area contributed by atoms with Crippen LogP contribution in [0.3, 0.4) is 0 Å². The van der Waals surface area contributed by atoms with E-state index in [4.69, 9.17) is 28.8 Å². The van der Waals surface area contributed by atoms with Gasteiger partial charge in [-0.2, -0.15) is 0 Å². The molecule has 254 valence electrons. The molecule has 0 aliphatic rings. The Kier molecular flexibility index (Phi) is 7.54. The van der Waals surface area contributed by atoms with Crippen LogP contribution in [-0.2, 0) is 0 Å². The van der Waals surface area contributed by atoms with Gasteiger partial charge >= 0.3 is 0 Å². The van der Waals surface area contributed by atoms with Gasteiger partial charge in [0.05, 0.1) is 22.8 Å². The molecule has 0 N–H and O–H groups in total. The molecule has 0 saturated carbocycles. The van der Waals surface area contributed by atoms with E-state index in [-0.39, 0.29) is 0 Å². The second-order valence-electron chi connectivity index (χ2n) is 12.5. The SMILES string of the molecule is c1ccc(-c2cc(-c3nc(-c4ccc(-c5nc6ccccc6o5)cc4)nc(-c4ccc(-c5nc6ccccc6o5)cc4)n3)cc(-c3ccccn3)n2)nc1. The Morgan fingerprint density at radius 3 is 1.15 bits per heavy atom. The Labute approximate surface area is 308 Å². The number of oxazole rings is 2. The van der Waals surface area contributed by atoms with Crippen molar-refractivity contribution in [1.29, 1.82) is 0 Å². The molecule has 4 aromatic carbocycles. The molecule has 0 aliphatic heterocycles.